The number of hydrogen-bond acceptors (Lipinski definition) is 7. The van der Waals surface area contributed by atoms with Gasteiger partial charge < -0.3 is 16.0 Å². The summed E-state index contributed by atoms with van der Waals surface area (Å²) in [5.41, 5.74) is 16.5. The smallest absolute Gasteiger partial charge is 0.294 e. The maximum absolute atomic E-state index is 10.5. The average Bonchev–Trinajstić information content (AvgIpc) is 3.28. The minimum absolute atomic E-state index is 0.0657. The van der Waals surface area contributed by atoms with Gasteiger partial charge in [-0.15, -0.1) is 5.10 Å². The van der Waals surface area contributed by atoms with E-state index in [1.165, 1.54) is 24.3 Å². The standard InChI is InChI=1S/C16H16ClN6.2C7H8O3S/c1-22-14(10-23-9-13(17)6-7-15(22)23)12-4-2-11(3-5-12)8-20-21-16(18)19;2*1-6-2-4-7(5-3-6)11(8,9)10/h2-10H,1H3,(H4,18,19,21);2*2-5H,1H3,(H,8,9,10)/q+1;;/p-1/b20-8+;;. The maximum Gasteiger partial charge on any atom is 0.294 e. The molecule has 0 atom stereocenters. The molecule has 0 aliphatic rings. The van der Waals surface area contributed by atoms with Gasteiger partial charge in [-0.05, 0) is 61.9 Å². The molecule has 0 saturated heterocycles. The van der Waals surface area contributed by atoms with Crippen LogP contribution in [-0.4, -0.2) is 42.7 Å². The van der Waals surface area contributed by atoms with Crippen LogP contribution in [0.5, 0.6) is 0 Å². The van der Waals surface area contributed by atoms with Crippen molar-refractivity contribution in [2.75, 3.05) is 0 Å². The molecule has 236 valence electrons. The summed E-state index contributed by atoms with van der Waals surface area (Å²) >= 11 is 6.04. The van der Waals surface area contributed by atoms with Crippen LogP contribution in [0, 0.1) is 13.8 Å². The first-order valence-electron chi connectivity index (χ1n) is 13.0. The minimum atomic E-state index is -4.27. The minimum Gasteiger partial charge on any atom is -0.744 e. The summed E-state index contributed by atoms with van der Waals surface area (Å²) in [5.74, 6) is -0.0657. The van der Waals surface area contributed by atoms with E-state index in [0.717, 1.165) is 33.6 Å². The monoisotopic (exact) mass is 670 g/mol. The fourth-order valence-corrected chi connectivity index (χ4v) is 4.92. The van der Waals surface area contributed by atoms with Gasteiger partial charge in [0.1, 0.15) is 22.5 Å². The fourth-order valence-electron chi connectivity index (χ4n) is 3.80. The van der Waals surface area contributed by atoms with E-state index in [9.17, 15) is 21.4 Å². The molecular formula is C30H31ClN6O6S2. The second kappa shape index (κ2) is 14.9. The number of aromatic nitrogens is 2. The Bertz CT molecular complexity index is 1970. The van der Waals surface area contributed by atoms with Crippen molar-refractivity contribution in [1.82, 2.24) is 4.57 Å². The molecule has 15 heteroatoms. The number of imidazole rings is 1. The number of hydrogen-bond donors (Lipinski definition) is 3. The Hall–Kier alpha value is -4.60. The van der Waals surface area contributed by atoms with Crippen LogP contribution >= 0.6 is 11.6 Å². The summed E-state index contributed by atoms with van der Waals surface area (Å²) in [5, 5.41) is 8.07. The SMILES string of the molecule is Cc1ccc(S(=O)(=O)O)cc1.Cc1ccc(S(=O)(=O)[O-])cc1.Cn1c(-c2ccc(/C=N/N=C(N)N)cc2)c[n+]2cc(Cl)ccc12. The van der Waals surface area contributed by atoms with Gasteiger partial charge in [0.25, 0.3) is 15.8 Å². The third-order valence-electron chi connectivity index (χ3n) is 6.10. The Morgan fingerprint density at radius 2 is 1.38 bits per heavy atom. The van der Waals surface area contributed by atoms with Crippen LogP contribution < -0.4 is 15.9 Å². The molecule has 0 spiro atoms. The molecule has 0 unspecified atom stereocenters. The lowest BCUT2D eigenvalue weighted by Crippen LogP contribution is -2.21. The van der Waals surface area contributed by atoms with Crippen molar-refractivity contribution in [3.8, 4) is 11.3 Å². The normalized spacial score (nSPS) is 11.3. The average molecular weight is 671 g/mol. The number of fused-ring (bicyclic) bond motifs is 1. The highest BCUT2D eigenvalue weighted by Crippen LogP contribution is 2.20. The largest absolute Gasteiger partial charge is 0.744 e. The van der Waals surface area contributed by atoms with Crippen LogP contribution in [0.2, 0.25) is 5.02 Å². The van der Waals surface area contributed by atoms with Crippen LogP contribution in [-0.2, 0) is 27.3 Å². The number of nitrogens with two attached hydrogens (primary N) is 2. The number of halogens is 1. The lowest BCUT2D eigenvalue weighted by atomic mass is 10.1. The topological polar surface area (TPSA) is 197 Å². The van der Waals surface area contributed by atoms with E-state index in [1.54, 1.807) is 30.5 Å². The fraction of sp³-hybridized carbons (Fsp3) is 0.100. The first-order chi connectivity index (χ1) is 21.0. The Kier molecular flexibility index (Phi) is 11.6. The van der Waals surface area contributed by atoms with E-state index in [4.69, 9.17) is 27.6 Å². The zero-order valence-corrected chi connectivity index (χ0v) is 26.8. The molecule has 5 aromatic rings. The van der Waals surface area contributed by atoms with Gasteiger partial charge in [0.05, 0.1) is 28.1 Å². The summed E-state index contributed by atoms with van der Waals surface area (Å²) in [4.78, 5) is -0.244. The summed E-state index contributed by atoms with van der Waals surface area (Å²) in [7, 11) is -6.27. The zero-order valence-electron chi connectivity index (χ0n) is 24.4. The molecule has 0 fully saturated rings. The molecule has 0 bridgehead atoms. The van der Waals surface area contributed by atoms with E-state index in [1.807, 2.05) is 74.1 Å². The Morgan fingerprint density at radius 3 is 1.87 bits per heavy atom. The highest BCUT2D eigenvalue weighted by Gasteiger charge is 2.16. The van der Waals surface area contributed by atoms with Gasteiger partial charge in [0, 0.05) is 11.6 Å². The van der Waals surface area contributed by atoms with Crippen molar-refractivity contribution >= 4 is 49.7 Å². The van der Waals surface area contributed by atoms with Crippen LogP contribution in [0.15, 0.2) is 117 Å². The van der Waals surface area contributed by atoms with E-state index in [-0.39, 0.29) is 15.8 Å². The van der Waals surface area contributed by atoms with Gasteiger partial charge >= 0.3 is 0 Å². The van der Waals surface area contributed by atoms with Crippen molar-refractivity contribution in [2.24, 2.45) is 28.7 Å². The van der Waals surface area contributed by atoms with Crippen molar-refractivity contribution in [3.05, 3.63) is 119 Å². The van der Waals surface area contributed by atoms with Crippen LogP contribution in [0.3, 0.4) is 0 Å². The summed E-state index contributed by atoms with van der Waals surface area (Å²) in [6, 6.07) is 23.6. The number of nitrogens with zero attached hydrogens (tertiary/aromatic N) is 4. The summed E-state index contributed by atoms with van der Waals surface area (Å²) in [6.07, 6.45) is 5.53. The van der Waals surface area contributed by atoms with Gasteiger partial charge in [-0.2, -0.15) is 13.5 Å². The van der Waals surface area contributed by atoms with Crippen molar-refractivity contribution in [3.63, 3.8) is 0 Å². The van der Waals surface area contributed by atoms with E-state index < -0.39 is 20.2 Å². The molecule has 5 rings (SSSR count). The maximum atomic E-state index is 10.5. The quantitative estimate of drug-likeness (QED) is 0.0824. The number of guanidine groups is 1. The molecule has 12 nitrogen and oxygen atoms in total. The van der Waals surface area contributed by atoms with E-state index in [2.05, 4.69) is 14.8 Å². The lowest BCUT2D eigenvalue weighted by Gasteiger charge is -2.05. The van der Waals surface area contributed by atoms with Crippen LogP contribution in [0.25, 0.3) is 16.9 Å². The molecule has 3 aromatic carbocycles. The lowest BCUT2D eigenvalue weighted by molar-refractivity contribution is -0.510. The van der Waals surface area contributed by atoms with Gasteiger partial charge in [0.15, 0.2) is 5.69 Å². The van der Waals surface area contributed by atoms with Gasteiger partial charge in [0.2, 0.25) is 5.96 Å². The third kappa shape index (κ3) is 10.5. The molecular weight excluding hydrogens is 640 g/mol. The molecule has 0 aliphatic heterocycles. The first kappa shape index (κ1) is 34.9. The highest BCUT2D eigenvalue weighted by molar-refractivity contribution is 7.86. The Morgan fingerprint density at radius 1 is 0.844 bits per heavy atom. The molecule has 0 saturated carbocycles. The van der Waals surface area contributed by atoms with Crippen molar-refractivity contribution < 1.29 is 30.3 Å². The zero-order chi connectivity index (χ0) is 33.4. The van der Waals surface area contributed by atoms with E-state index in [0.29, 0.717) is 5.02 Å². The third-order valence-corrected chi connectivity index (χ3v) is 8.04. The number of pyridine rings is 1. The van der Waals surface area contributed by atoms with Gasteiger partial charge in [-0.3, -0.25) is 4.55 Å². The molecule has 45 heavy (non-hydrogen) atoms. The predicted molar refractivity (Wildman–Crippen MR) is 173 cm³/mol. The second-order valence-electron chi connectivity index (χ2n) is 9.63. The number of rotatable bonds is 5. The molecule has 2 aromatic heterocycles. The molecule has 0 aliphatic carbocycles. The number of benzene rings is 3. The summed E-state index contributed by atoms with van der Waals surface area (Å²) in [6.45, 7) is 3.66. The number of aryl methyl sites for hydroxylation is 3. The first-order valence-corrected chi connectivity index (χ1v) is 16.2. The molecule has 5 N–H and O–H groups in total. The molecule has 0 amide bonds. The molecule has 2 heterocycles. The predicted octanol–water partition coefficient (Wildman–Crippen LogP) is 3.83. The Balaban J connectivity index is 0.000000210. The van der Waals surface area contributed by atoms with Gasteiger partial charge in [-0.1, -0.05) is 59.1 Å². The van der Waals surface area contributed by atoms with Crippen molar-refractivity contribution in [2.45, 2.75) is 23.6 Å². The van der Waals surface area contributed by atoms with Crippen LogP contribution in [0.4, 0.5) is 0 Å². The van der Waals surface area contributed by atoms with E-state index >= 15 is 0 Å². The van der Waals surface area contributed by atoms with Gasteiger partial charge in [-0.25, -0.2) is 17.4 Å². The highest BCUT2D eigenvalue weighted by atomic mass is 35.5. The van der Waals surface area contributed by atoms with Crippen molar-refractivity contribution in [1.29, 1.82) is 0 Å². The van der Waals surface area contributed by atoms with Crippen LogP contribution in [0.1, 0.15) is 16.7 Å². The Labute approximate surface area is 266 Å². The molecule has 0 radical (unpaired) electrons. The second-order valence-corrected chi connectivity index (χ2v) is 12.9. The summed E-state index contributed by atoms with van der Waals surface area (Å²) < 4.78 is 64.8.